The van der Waals surface area contributed by atoms with Crippen molar-refractivity contribution in [2.75, 3.05) is 7.11 Å². The Bertz CT molecular complexity index is 997. The topological polar surface area (TPSA) is 18.5 Å². The SMILES string of the molecule is [B]C(C=C(C)C)(OC)c1ccc2c(c1)-c1cccc3cccc(c13)O2. The van der Waals surface area contributed by atoms with Crippen LogP contribution in [-0.4, -0.2) is 15.0 Å². The van der Waals surface area contributed by atoms with Crippen molar-refractivity contribution in [2.24, 2.45) is 0 Å². The second kappa shape index (κ2) is 5.78. The lowest BCUT2D eigenvalue weighted by atomic mass is 9.73. The van der Waals surface area contributed by atoms with E-state index in [0.29, 0.717) is 0 Å². The normalized spacial score (nSPS) is 14.4. The van der Waals surface area contributed by atoms with Crippen LogP contribution < -0.4 is 4.74 Å². The third kappa shape index (κ3) is 2.56. The number of benzene rings is 3. The first-order valence-corrected chi connectivity index (χ1v) is 8.36. The average Bonchev–Trinajstić information content (AvgIpc) is 2.61. The summed E-state index contributed by atoms with van der Waals surface area (Å²) < 4.78 is 11.8. The van der Waals surface area contributed by atoms with E-state index in [1.807, 2.05) is 44.2 Å². The van der Waals surface area contributed by atoms with E-state index in [1.54, 1.807) is 7.11 Å². The summed E-state index contributed by atoms with van der Waals surface area (Å²) in [4.78, 5) is 0. The summed E-state index contributed by atoms with van der Waals surface area (Å²) in [6, 6.07) is 18.4. The third-order valence-corrected chi connectivity index (χ3v) is 4.65. The highest BCUT2D eigenvalue weighted by atomic mass is 16.5. The van der Waals surface area contributed by atoms with Crippen molar-refractivity contribution in [1.82, 2.24) is 0 Å². The largest absolute Gasteiger partial charge is 0.456 e. The van der Waals surface area contributed by atoms with Crippen LogP contribution >= 0.6 is 0 Å². The first-order valence-electron chi connectivity index (χ1n) is 8.36. The zero-order valence-electron chi connectivity index (χ0n) is 14.7. The summed E-state index contributed by atoms with van der Waals surface area (Å²) in [5.74, 6) is 1.73. The van der Waals surface area contributed by atoms with Crippen LogP contribution in [0.15, 0.2) is 66.2 Å². The van der Waals surface area contributed by atoms with E-state index in [9.17, 15) is 0 Å². The maximum absolute atomic E-state index is 6.51. The van der Waals surface area contributed by atoms with E-state index in [2.05, 4.69) is 30.3 Å². The molecule has 25 heavy (non-hydrogen) atoms. The number of fused-ring (bicyclic) bond motifs is 2. The molecular weight excluding hydrogens is 307 g/mol. The Kier molecular flexibility index (Phi) is 3.70. The average molecular weight is 326 g/mol. The zero-order valence-corrected chi connectivity index (χ0v) is 14.7. The maximum atomic E-state index is 6.51. The van der Waals surface area contributed by atoms with Gasteiger partial charge >= 0.3 is 0 Å². The second-order valence-corrected chi connectivity index (χ2v) is 6.69. The molecular formula is C22H19BO2. The molecule has 0 aromatic heterocycles. The molecule has 3 heteroatoms. The predicted octanol–water partition coefficient (Wildman–Crippen LogP) is 5.55. The molecule has 3 aromatic rings. The molecule has 0 bridgehead atoms. The summed E-state index contributed by atoms with van der Waals surface area (Å²) in [6.07, 6.45) is 1.94. The number of methoxy groups -OCH3 is 1. The van der Waals surface area contributed by atoms with Gasteiger partial charge in [0, 0.05) is 18.1 Å². The van der Waals surface area contributed by atoms with Crippen molar-refractivity contribution >= 4 is 18.6 Å². The van der Waals surface area contributed by atoms with Gasteiger partial charge < -0.3 is 9.47 Å². The van der Waals surface area contributed by atoms with Crippen LogP contribution in [0, 0.1) is 0 Å². The third-order valence-electron chi connectivity index (χ3n) is 4.65. The van der Waals surface area contributed by atoms with Gasteiger partial charge in [0.15, 0.2) is 0 Å². The van der Waals surface area contributed by atoms with Crippen LogP contribution in [0.25, 0.3) is 21.9 Å². The van der Waals surface area contributed by atoms with E-state index in [0.717, 1.165) is 39.1 Å². The summed E-state index contributed by atoms with van der Waals surface area (Å²) in [5, 5.41) is 2.30. The Morgan fingerprint density at radius 1 is 1.00 bits per heavy atom. The minimum Gasteiger partial charge on any atom is -0.456 e. The quantitative estimate of drug-likeness (QED) is 0.363. The summed E-state index contributed by atoms with van der Waals surface area (Å²) >= 11 is 0. The lowest BCUT2D eigenvalue weighted by Crippen LogP contribution is -2.26. The smallest absolute Gasteiger partial charge is 0.135 e. The lowest BCUT2D eigenvalue weighted by Gasteiger charge is -2.29. The Balaban J connectivity index is 1.95. The Hall–Kier alpha value is -2.52. The van der Waals surface area contributed by atoms with Gasteiger partial charge in [0.2, 0.25) is 0 Å². The number of hydrogen-bond acceptors (Lipinski definition) is 2. The van der Waals surface area contributed by atoms with Gasteiger partial charge in [0.05, 0.1) is 5.50 Å². The van der Waals surface area contributed by atoms with Gasteiger partial charge in [-0.1, -0.05) is 48.0 Å². The summed E-state index contributed by atoms with van der Waals surface area (Å²) in [6.45, 7) is 4.03. The van der Waals surface area contributed by atoms with Gasteiger partial charge in [-0.2, -0.15) is 0 Å². The fourth-order valence-corrected chi connectivity index (χ4v) is 3.50. The first kappa shape index (κ1) is 16.0. The molecule has 2 radical (unpaired) electrons. The number of allylic oxidation sites excluding steroid dienone is 1. The van der Waals surface area contributed by atoms with Gasteiger partial charge in [-0.3, -0.25) is 0 Å². The molecule has 1 atom stereocenters. The molecule has 0 spiro atoms. The Morgan fingerprint density at radius 2 is 1.76 bits per heavy atom. The molecule has 1 heterocycles. The van der Waals surface area contributed by atoms with Crippen LogP contribution in [0.2, 0.25) is 0 Å². The number of ether oxygens (including phenoxy) is 2. The lowest BCUT2D eigenvalue weighted by molar-refractivity contribution is 0.102. The minimum atomic E-state index is -0.960. The molecule has 3 aromatic carbocycles. The predicted molar refractivity (Wildman–Crippen MR) is 103 cm³/mol. The van der Waals surface area contributed by atoms with Crippen molar-refractivity contribution in [3.8, 4) is 22.6 Å². The molecule has 0 saturated heterocycles. The van der Waals surface area contributed by atoms with Crippen molar-refractivity contribution in [2.45, 2.75) is 19.3 Å². The number of hydrogen-bond donors (Lipinski definition) is 0. The van der Waals surface area contributed by atoms with E-state index < -0.39 is 5.50 Å². The molecule has 122 valence electrons. The molecule has 1 aliphatic rings. The van der Waals surface area contributed by atoms with Crippen LogP contribution in [-0.2, 0) is 10.2 Å². The van der Waals surface area contributed by atoms with Gasteiger partial charge in [-0.15, -0.1) is 0 Å². The molecule has 0 fully saturated rings. The van der Waals surface area contributed by atoms with Crippen LogP contribution in [0.4, 0.5) is 0 Å². The molecule has 0 amide bonds. The van der Waals surface area contributed by atoms with Gasteiger partial charge in [0.1, 0.15) is 19.3 Å². The zero-order chi connectivity index (χ0) is 17.6. The maximum Gasteiger partial charge on any atom is 0.135 e. The second-order valence-electron chi connectivity index (χ2n) is 6.69. The highest BCUT2D eigenvalue weighted by Crippen LogP contribution is 2.47. The minimum absolute atomic E-state index is 0.839. The fourth-order valence-electron chi connectivity index (χ4n) is 3.50. The fraction of sp³-hybridized carbons (Fsp3) is 0.182. The van der Waals surface area contributed by atoms with Crippen LogP contribution in [0.1, 0.15) is 19.4 Å². The molecule has 0 N–H and O–H groups in total. The standard InChI is InChI=1S/C22H19BO2/c1-14(2)13-22(23,24-3)16-10-11-19-18(12-16)17-8-4-6-15-7-5-9-20(25-19)21(15)17/h4-13H,1-3H3. The van der Waals surface area contributed by atoms with Crippen molar-refractivity contribution < 1.29 is 9.47 Å². The van der Waals surface area contributed by atoms with Crippen LogP contribution in [0.5, 0.6) is 11.5 Å². The molecule has 4 rings (SSSR count). The highest BCUT2D eigenvalue weighted by Gasteiger charge is 2.26. The van der Waals surface area contributed by atoms with E-state index in [1.165, 1.54) is 5.39 Å². The summed E-state index contributed by atoms with van der Waals surface area (Å²) in [5.41, 5.74) is 3.24. The number of rotatable bonds is 3. The summed E-state index contributed by atoms with van der Waals surface area (Å²) in [7, 11) is 8.14. The Morgan fingerprint density at radius 3 is 2.48 bits per heavy atom. The molecule has 1 unspecified atom stereocenters. The molecule has 0 aliphatic carbocycles. The van der Waals surface area contributed by atoms with E-state index in [-0.39, 0.29) is 0 Å². The molecule has 1 aliphatic heterocycles. The highest BCUT2D eigenvalue weighted by molar-refractivity contribution is 6.16. The van der Waals surface area contributed by atoms with Crippen molar-refractivity contribution in [3.05, 3.63) is 71.8 Å². The van der Waals surface area contributed by atoms with Gasteiger partial charge in [-0.05, 0) is 48.6 Å². The first-order chi connectivity index (χ1) is 12.0. The van der Waals surface area contributed by atoms with E-state index >= 15 is 0 Å². The van der Waals surface area contributed by atoms with Crippen molar-refractivity contribution in [3.63, 3.8) is 0 Å². The van der Waals surface area contributed by atoms with E-state index in [4.69, 9.17) is 17.3 Å². The molecule has 2 nitrogen and oxygen atoms in total. The Labute approximate surface area is 149 Å². The monoisotopic (exact) mass is 326 g/mol. The van der Waals surface area contributed by atoms with Crippen LogP contribution in [0.3, 0.4) is 0 Å². The molecule has 0 saturated carbocycles. The van der Waals surface area contributed by atoms with Gasteiger partial charge in [-0.25, -0.2) is 0 Å². The van der Waals surface area contributed by atoms with Gasteiger partial charge in [0.25, 0.3) is 0 Å². The van der Waals surface area contributed by atoms with Crippen molar-refractivity contribution in [1.29, 1.82) is 0 Å².